The summed E-state index contributed by atoms with van der Waals surface area (Å²) in [5, 5.41) is 8.37. The smallest absolute Gasteiger partial charge is 0.281 e. The molecule has 0 aliphatic carbocycles. The molecule has 0 fully saturated rings. The largest absolute Gasteiger partial charge is 0.496 e. The number of hydrogen-bond donors (Lipinski definition) is 3. The summed E-state index contributed by atoms with van der Waals surface area (Å²) in [6.45, 7) is 2.69. The second-order valence-electron chi connectivity index (χ2n) is 6.79. The number of benzene rings is 1. The highest BCUT2D eigenvalue weighted by Gasteiger charge is 2.14. The van der Waals surface area contributed by atoms with Crippen LogP contribution in [0.4, 0.5) is 5.69 Å². The zero-order valence-corrected chi connectivity index (χ0v) is 17.5. The number of rotatable bonds is 9. The molecule has 31 heavy (non-hydrogen) atoms. The molecule has 3 rings (SSSR count). The van der Waals surface area contributed by atoms with Gasteiger partial charge in [0.05, 0.1) is 25.4 Å². The van der Waals surface area contributed by atoms with Gasteiger partial charge >= 0.3 is 0 Å². The monoisotopic (exact) mass is 423 g/mol. The van der Waals surface area contributed by atoms with E-state index in [9.17, 15) is 14.4 Å². The summed E-state index contributed by atoms with van der Waals surface area (Å²) in [6.07, 6.45) is 3.67. The van der Waals surface area contributed by atoms with Crippen molar-refractivity contribution >= 4 is 23.1 Å². The SMILES string of the molecule is CCCNC(=O)c1cccn2c(=O)c(NCC(=O)NCc3ccccc3OC)cnc12. The van der Waals surface area contributed by atoms with E-state index in [4.69, 9.17) is 4.74 Å². The molecule has 0 aliphatic heterocycles. The summed E-state index contributed by atoms with van der Waals surface area (Å²) >= 11 is 0. The molecule has 0 bridgehead atoms. The van der Waals surface area contributed by atoms with E-state index in [1.165, 1.54) is 16.8 Å². The summed E-state index contributed by atoms with van der Waals surface area (Å²) in [5.41, 5.74) is 1.19. The maximum Gasteiger partial charge on any atom is 0.281 e. The van der Waals surface area contributed by atoms with E-state index in [1.54, 1.807) is 19.2 Å². The Balaban J connectivity index is 1.68. The van der Waals surface area contributed by atoms with E-state index in [0.29, 0.717) is 24.4 Å². The van der Waals surface area contributed by atoms with Gasteiger partial charge in [-0.05, 0) is 24.6 Å². The highest BCUT2D eigenvalue weighted by molar-refractivity contribution is 5.99. The van der Waals surface area contributed by atoms with Crippen LogP contribution in [0.3, 0.4) is 0 Å². The highest BCUT2D eigenvalue weighted by atomic mass is 16.5. The number of pyridine rings is 1. The van der Waals surface area contributed by atoms with Gasteiger partial charge in [0.25, 0.3) is 11.5 Å². The molecular formula is C22H25N5O4. The number of hydrogen-bond acceptors (Lipinski definition) is 6. The third-order valence-corrected chi connectivity index (χ3v) is 4.62. The zero-order chi connectivity index (χ0) is 22.2. The van der Waals surface area contributed by atoms with Crippen molar-refractivity contribution in [1.82, 2.24) is 20.0 Å². The summed E-state index contributed by atoms with van der Waals surface area (Å²) < 4.78 is 6.55. The van der Waals surface area contributed by atoms with Crippen molar-refractivity contribution in [2.75, 3.05) is 25.5 Å². The molecule has 9 heteroatoms. The maximum absolute atomic E-state index is 12.8. The van der Waals surface area contributed by atoms with Crippen molar-refractivity contribution < 1.29 is 14.3 Å². The molecular weight excluding hydrogens is 398 g/mol. The van der Waals surface area contributed by atoms with Crippen LogP contribution < -0.4 is 26.2 Å². The van der Waals surface area contributed by atoms with E-state index in [1.807, 2.05) is 31.2 Å². The number of fused-ring (bicyclic) bond motifs is 1. The van der Waals surface area contributed by atoms with E-state index in [2.05, 4.69) is 20.9 Å². The van der Waals surface area contributed by atoms with Gasteiger partial charge in [0.2, 0.25) is 5.91 Å². The van der Waals surface area contributed by atoms with Crippen LogP contribution in [0, 0.1) is 0 Å². The lowest BCUT2D eigenvalue weighted by Crippen LogP contribution is -2.32. The van der Waals surface area contributed by atoms with Gasteiger partial charge in [-0.25, -0.2) is 4.98 Å². The van der Waals surface area contributed by atoms with E-state index in [0.717, 1.165) is 12.0 Å². The Kier molecular flexibility index (Phi) is 7.21. The molecule has 0 unspecified atom stereocenters. The van der Waals surface area contributed by atoms with Crippen molar-refractivity contribution in [3.63, 3.8) is 0 Å². The lowest BCUT2D eigenvalue weighted by Gasteiger charge is -2.11. The number of methoxy groups -OCH3 is 1. The van der Waals surface area contributed by atoms with E-state index in [-0.39, 0.29) is 29.7 Å². The van der Waals surface area contributed by atoms with Gasteiger partial charge < -0.3 is 20.7 Å². The first-order valence-electron chi connectivity index (χ1n) is 9.96. The number of carbonyl (C=O) groups is 2. The fourth-order valence-electron chi connectivity index (χ4n) is 3.02. The van der Waals surface area contributed by atoms with Gasteiger partial charge in [-0.2, -0.15) is 0 Å². The molecule has 3 N–H and O–H groups in total. The highest BCUT2D eigenvalue weighted by Crippen LogP contribution is 2.16. The average molecular weight is 423 g/mol. The molecule has 162 valence electrons. The van der Waals surface area contributed by atoms with Crippen LogP contribution in [-0.2, 0) is 11.3 Å². The first-order chi connectivity index (χ1) is 15.0. The van der Waals surface area contributed by atoms with Crippen molar-refractivity contribution in [3.8, 4) is 5.75 Å². The van der Waals surface area contributed by atoms with Crippen molar-refractivity contribution in [1.29, 1.82) is 0 Å². The standard InChI is InChI=1S/C22H25N5O4/c1-3-10-23-21(29)16-8-6-11-27-20(16)26-13-17(22(27)30)24-14-19(28)25-12-15-7-4-5-9-18(15)31-2/h4-9,11,13,24H,3,10,12,14H2,1-2H3,(H,23,29)(H,25,28). The minimum Gasteiger partial charge on any atom is -0.496 e. The Morgan fingerprint density at radius 2 is 1.94 bits per heavy atom. The molecule has 0 aliphatic rings. The van der Waals surface area contributed by atoms with Gasteiger partial charge in [-0.15, -0.1) is 0 Å². The zero-order valence-electron chi connectivity index (χ0n) is 17.5. The quantitative estimate of drug-likeness (QED) is 0.481. The number of nitrogens with one attached hydrogen (secondary N) is 3. The summed E-state index contributed by atoms with van der Waals surface area (Å²) in [4.78, 5) is 41.6. The Morgan fingerprint density at radius 3 is 2.71 bits per heavy atom. The Labute approximate surface area is 179 Å². The van der Waals surface area contributed by atoms with Crippen LogP contribution in [0.1, 0.15) is 29.3 Å². The Hall–Kier alpha value is -3.88. The summed E-state index contributed by atoms with van der Waals surface area (Å²) in [5.74, 6) is 0.109. The molecule has 2 heterocycles. The van der Waals surface area contributed by atoms with Crippen LogP contribution in [0.15, 0.2) is 53.6 Å². The number of amides is 2. The number of nitrogens with zero attached hydrogens (tertiary/aromatic N) is 2. The molecule has 2 aromatic heterocycles. The van der Waals surface area contributed by atoms with Crippen molar-refractivity contribution in [3.05, 3.63) is 70.3 Å². The van der Waals surface area contributed by atoms with Crippen LogP contribution in [0.5, 0.6) is 5.75 Å². The molecule has 3 aromatic rings. The first kappa shape index (κ1) is 21.8. The number of carbonyl (C=O) groups excluding carboxylic acids is 2. The molecule has 0 saturated carbocycles. The molecule has 2 amide bonds. The number of ether oxygens (including phenoxy) is 1. The van der Waals surface area contributed by atoms with Crippen molar-refractivity contribution in [2.45, 2.75) is 19.9 Å². The minimum absolute atomic E-state index is 0.102. The fourth-order valence-corrected chi connectivity index (χ4v) is 3.02. The fraction of sp³-hybridized carbons (Fsp3) is 0.273. The molecule has 0 radical (unpaired) electrons. The molecule has 9 nitrogen and oxygen atoms in total. The minimum atomic E-state index is -0.396. The van der Waals surface area contributed by atoms with Gasteiger partial charge in [0.1, 0.15) is 11.4 Å². The molecule has 0 atom stereocenters. The van der Waals surface area contributed by atoms with Crippen LogP contribution in [-0.4, -0.2) is 41.4 Å². The van der Waals surface area contributed by atoms with Gasteiger partial charge in [0.15, 0.2) is 5.65 Å². The normalized spacial score (nSPS) is 10.5. The van der Waals surface area contributed by atoms with Gasteiger partial charge in [0, 0.05) is 24.8 Å². The summed E-state index contributed by atoms with van der Waals surface area (Å²) in [6, 6.07) is 10.6. The van der Waals surface area contributed by atoms with E-state index < -0.39 is 5.56 Å². The average Bonchev–Trinajstić information content (AvgIpc) is 2.80. The molecule has 0 saturated heterocycles. The maximum atomic E-state index is 12.8. The second-order valence-corrected chi connectivity index (χ2v) is 6.79. The predicted molar refractivity (Wildman–Crippen MR) is 117 cm³/mol. The van der Waals surface area contributed by atoms with Crippen LogP contribution in [0.2, 0.25) is 0 Å². The first-order valence-corrected chi connectivity index (χ1v) is 9.96. The topological polar surface area (TPSA) is 114 Å². The van der Waals surface area contributed by atoms with E-state index >= 15 is 0 Å². The Bertz CT molecular complexity index is 1140. The predicted octanol–water partition coefficient (Wildman–Crippen LogP) is 1.57. The number of para-hydroxylation sites is 1. The third-order valence-electron chi connectivity index (χ3n) is 4.62. The summed E-state index contributed by atoms with van der Waals surface area (Å²) in [7, 11) is 1.57. The van der Waals surface area contributed by atoms with Crippen LogP contribution >= 0.6 is 0 Å². The third kappa shape index (κ3) is 5.19. The Morgan fingerprint density at radius 1 is 1.13 bits per heavy atom. The number of anilines is 1. The molecule has 1 aromatic carbocycles. The van der Waals surface area contributed by atoms with Gasteiger partial charge in [-0.3, -0.25) is 18.8 Å². The lowest BCUT2D eigenvalue weighted by atomic mass is 10.2. The van der Waals surface area contributed by atoms with Gasteiger partial charge in [-0.1, -0.05) is 25.1 Å². The number of aromatic nitrogens is 2. The van der Waals surface area contributed by atoms with Crippen molar-refractivity contribution in [2.24, 2.45) is 0 Å². The van der Waals surface area contributed by atoms with Crippen LogP contribution in [0.25, 0.3) is 5.65 Å². The lowest BCUT2D eigenvalue weighted by molar-refractivity contribution is -0.119. The molecule has 0 spiro atoms. The second kappa shape index (κ2) is 10.2.